The van der Waals surface area contributed by atoms with Gasteiger partial charge in [0, 0.05) is 16.1 Å². The molecular formula is C15H13BrClFO3. The van der Waals surface area contributed by atoms with Crippen LogP contribution in [0.15, 0.2) is 34.8 Å². The Balaban J connectivity index is 2.49. The summed E-state index contributed by atoms with van der Waals surface area (Å²) in [7, 11) is 3.00. The second kappa shape index (κ2) is 6.64. The third kappa shape index (κ3) is 3.48. The van der Waals surface area contributed by atoms with Crippen molar-refractivity contribution < 1.29 is 19.0 Å². The molecule has 0 saturated heterocycles. The third-order valence-corrected chi connectivity index (χ3v) is 4.22. The Morgan fingerprint density at radius 2 is 1.67 bits per heavy atom. The van der Waals surface area contributed by atoms with Gasteiger partial charge in [0.2, 0.25) is 0 Å². The van der Waals surface area contributed by atoms with Crippen molar-refractivity contribution >= 4 is 27.5 Å². The van der Waals surface area contributed by atoms with Crippen LogP contribution in [0.25, 0.3) is 0 Å². The molecule has 0 aliphatic rings. The van der Waals surface area contributed by atoms with Crippen molar-refractivity contribution in [3.8, 4) is 11.5 Å². The molecular weight excluding hydrogens is 363 g/mol. The van der Waals surface area contributed by atoms with E-state index < -0.39 is 11.9 Å². The number of hydrogen-bond donors (Lipinski definition) is 1. The Hall–Kier alpha value is -1.30. The molecule has 0 spiro atoms. The predicted octanol–water partition coefficient (Wildman–Crippen LogP) is 4.34. The molecule has 1 atom stereocenters. The molecule has 1 unspecified atom stereocenters. The molecule has 112 valence electrons. The van der Waals surface area contributed by atoms with E-state index in [-0.39, 0.29) is 5.56 Å². The number of rotatable bonds is 4. The molecule has 0 bridgehead atoms. The Bertz CT molecular complexity index is 641. The van der Waals surface area contributed by atoms with Gasteiger partial charge in [0.05, 0.1) is 19.2 Å². The first-order valence-corrected chi connectivity index (χ1v) is 7.18. The van der Waals surface area contributed by atoms with Crippen molar-refractivity contribution in [2.45, 2.75) is 6.10 Å². The van der Waals surface area contributed by atoms with Gasteiger partial charge in [-0.25, -0.2) is 4.39 Å². The summed E-state index contributed by atoms with van der Waals surface area (Å²) in [5.74, 6) is 0.458. The van der Waals surface area contributed by atoms with Gasteiger partial charge in [-0.2, -0.15) is 0 Å². The monoisotopic (exact) mass is 374 g/mol. The van der Waals surface area contributed by atoms with Gasteiger partial charge >= 0.3 is 0 Å². The molecule has 21 heavy (non-hydrogen) atoms. The van der Waals surface area contributed by atoms with Crippen LogP contribution in [0.2, 0.25) is 5.02 Å². The normalized spacial score (nSPS) is 12.1. The maximum absolute atomic E-state index is 14.0. The summed E-state index contributed by atoms with van der Waals surface area (Å²) in [6.07, 6.45) is -1.18. The highest BCUT2D eigenvalue weighted by atomic mass is 79.9. The summed E-state index contributed by atoms with van der Waals surface area (Å²) in [5, 5.41) is 10.7. The molecule has 0 saturated carbocycles. The van der Waals surface area contributed by atoms with Gasteiger partial charge in [0.1, 0.15) is 23.4 Å². The van der Waals surface area contributed by atoms with Crippen LogP contribution < -0.4 is 9.47 Å². The summed E-state index contributed by atoms with van der Waals surface area (Å²) in [4.78, 5) is 0. The van der Waals surface area contributed by atoms with Crippen LogP contribution >= 0.6 is 27.5 Å². The molecule has 2 aromatic carbocycles. The molecule has 1 N–H and O–H groups in total. The van der Waals surface area contributed by atoms with E-state index in [9.17, 15) is 9.50 Å². The minimum atomic E-state index is -1.18. The second-order valence-electron chi connectivity index (χ2n) is 4.34. The number of aliphatic hydroxyl groups is 1. The largest absolute Gasteiger partial charge is 0.497 e. The molecule has 2 rings (SSSR count). The molecule has 0 heterocycles. The van der Waals surface area contributed by atoms with Crippen LogP contribution in [0, 0.1) is 5.82 Å². The van der Waals surface area contributed by atoms with Crippen molar-refractivity contribution in [1.29, 1.82) is 0 Å². The standard InChI is InChI=1S/C15H13BrClFO3/c1-20-9-3-8(4-10(5-9)21-2)15(19)11-6-13(17)12(16)7-14(11)18/h3-7,15,19H,1-2H3. The fraction of sp³-hybridized carbons (Fsp3) is 0.200. The molecule has 6 heteroatoms. The molecule has 2 aromatic rings. The van der Waals surface area contributed by atoms with E-state index in [1.165, 1.54) is 26.4 Å². The van der Waals surface area contributed by atoms with E-state index in [2.05, 4.69) is 15.9 Å². The van der Waals surface area contributed by atoms with E-state index in [1.807, 2.05) is 0 Å². The molecule has 0 aromatic heterocycles. The first-order valence-electron chi connectivity index (χ1n) is 6.01. The number of ether oxygens (including phenoxy) is 2. The topological polar surface area (TPSA) is 38.7 Å². The highest BCUT2D eigenvalue weighted by Gasteiger charge is 2.18. The Morgan fingerprint density at radius 3 is 2.19 bits per heavy atom. The van der Waals surface area contributed by atoms with Gasteiger partial charge < -0.3 is 14.6 Å². The first-order chi connectivity index (χ1) is 9.96. The number of aliphatic hydroxyl groups excluding tert-OH is 1. The number of methoxy groups -OCH3 is 2. The number of benzene rings is 2. The summed E-state index contributed by atoms with van der Waals surface area (Å²) >= 11 is 9.10. The number of halogens is 3. The highest BCUT2D eigenvalue weighted by Crippen LogP contribution is 2.34. The fourth-order valence-electron chi connectivity index (χ4n) is 1.91. The zero-order valence-corrected chi connectivity index (χ0v) is 13.7. The van der Waals surface area contributed by atoms with Crippen LogP contribution in [0.3, 0.4) is 0 Å². The molecule has 0 fully saturated rings. The van der Waals surface area contributed by atoms with E-state index in [4.69, 9.17) is 21.1 Å². The third-order valence-electron chi connectivity index (χ3n) is 3.02. The summed E-state index contributed by atoms with van der Waals surface area (Å²) in [5.41, 5.74) is 0.530. The van der Waals surface area contributed by atoms with E-state index in [1.54, 1.807) is 18.2 Å². The van der Waals surface area contributed by atoms with Gasteiger partial charge in [-0.3, -0.25) is 0 Å². The smallest absolute Gasteiger partial charge is 0.130 e. The predicted molar refractivity (Wildman–Crippen MR) is 82.7 cm³/mol. The zero-order valence-electron chi connectivity index (χ0n) is 11.4. The Kier molecular flexibility index (Phi) is 5.08. The average Bonchev–Trinajstić information content (AvgIpc) is 2.49. The lowest BCUT2D eigenvalue weighted by molar-refractivity contribution is 0.214. The van der Waals surface area contributed by atoms with Crippen LogP contribution in [-0.4, -0.2) is 19.3 Å². The van der Waals surface area contributed by atoms with Crippen LogP contribution in [0.5, 0.6) is 11.5 Å². The second-order valence-corrected chi connectivity index (χ2v) is 5.60. The van der Waals surface area contributed by atoms with E-state index >= 15 is 0 Å². The summed E-state index contributed by atoms with van der Waals surface area (Å²) < 4.78 is 24.7. The number of hydrogen-bond acceptors (Lipinski definition) is 3. The highest BCUT2D eigenvalue weighted by molar-refractivity contribution is 9.10. The van der Waals surface area contributed by atoms with Crippen LogP contribution in [0.1, 0.15) is 17.2 Å². The molecule has 0 radical (unpaired) electrons. The molecule has 3 nitrogen and oxygen atoms in total. The van der Waals surface area contributed by atoms with Crippen molar-refractivity contribution in [2.75, 3.05) is 14.2 Å². The lowest BCUT2D eigenvalue weighted by Gasteiger charge is -2.15. The fourth-order valence-corrected chi connectivity index (χ4v) is 2.40. The lowest BCUT2D eigenvalue weighted by Crippen LogP contribution is -2.04. The average molecular weight is 376 g/mol. The van der Waals surface area contributed by atoms with Gasteiger partial charge in [0.15, 0.2) is 0 Å². The Morgan fingerprint density at radius 1 is 1.10 bits per heavy atom. The van der Waals surface area contributed by atoms with Crippen molar-refractivity contribution in [3.05, 3.63) is 56.8 Å². The van der Waals surface area contributed by atoms with Crippen LogP contribution in [-0.2, 0) is 0 Å². The van der Waals surface area contributed by atoms with Crippen molar-refractivity contribution in [1.82, 2.24) is 0 Å². The lowest BCUT2D eigenvalue weighted by atomic mass is 10.0. The molecule has 0 aliphatic heterocycles. The van der Waals surface area contributed by atoms with Crippen molar-refractivity contribution in [3.63, 3.8) is 0 Å². The van der Waals surface area contributed by atoms with Crippen molar-refractivity contribution in [2.24, 2.45) is 0 Å². The minimum Gasteiger partial charge on any atom is -0.497 e. The van der Waals surface area contributed by atoms with Gasteiger partial charge in [-0.05, 0) is 45.8 Å². The Labute approximate surface area is 135 Å². The van der Waals surface area contributed by atoms with Gasteiger partial charge in [0.25, 0.3) is 0 Å². The molecule has 0 aliphatic carbocycles. The summed E-state index contributed by atoms with van der Waals surface area (Å²) in [6.45, 7) is 0. The minimum absolute atomic E-state index is 0.0820. The van der Waals surface area contributed by atoms with Gasteiger partial charge in [-0.15, -0.1) is 0 Å². The molecule has 0 amide bonds. The SMILES string of the molecule is COc1cc(OC)cc(C(O)c2cc(Cl)c(Br)cc2F)c1. The first kappa shape index (κ1) is 16.1. The van der Waals surface area contributed by atoms with E-state index in [0.717, 1.165) is 0 Å². The zero-order chi connectivity index (χ0) is 15.6. The summed E-state index contributed by atoms with van der Waals surface area (Å²) in [6, 6.07) is 7.50. The maximum atomic E-state index is 14.0. The quantitative estimate of drug-likeness (QED) is 0.808. The van der Waals surface area contributed by atoms with E-state index in [0.29, 0.717) is 26.6 Å². The van der Waals surface area contributed by atoms with Gasteiger partial charge in [-0.1, -0.05) is 11.6 Å². The maximum Gasteiger partial charge on any atom is 0.130 e. The van der Waals surface area contributed by atoms with Crippen LogP contribution in [0.4, 0.5) is 4.39 Å².